The van der Waals surface area contributed by atoms with Crippen LogP contribution in [0.4, 0.5) is 11.6 Å². The number of nitrogens with zero attached hydrogens (tertiary/aromatic N) is 6. The van der Waals surface area contributed by atoms with Gasteiger partial charge in [0.15, 0.2) is 11.5 Å². The molecule has 5 rings (SSSR count). The standard InChI is InChI=1S/C26H29ClN6O2/c1-3-35-26(34)23-14-29-24(15-28-23)32-11-12-33(17(2)16-32)25-20-9-6-8-19(20)22(30-31-25)13-18-7-4-5-10-21(18)27/h4-5,7,10,14-15,17H,3,6,8-9,11-13,16H2,1-2H3/t17-/m0/s1. The van der Waals surface area contributed by atoms with Gasteiger partial charge in [0, 0.05) is 42.7 Å². The molecular weight excluding hydrogens is 464 g/mol. The predicted molar refractivity (Wildman–Crippen MR) is 135 cm³/mol. The van der Waals surface area contributed by atoms with E-state index in [0.29, 0.717) is 13.0 Å². The lowest BCUT2D eigenvalue weighted by Crippen LogP contribution is -2.53. The van der Waals surface area contributed by atoms with Crippen molar-refractivity contribution in [3.8, 4) is 0 Å². The third-order valence-electron chi connectivity index (χ3n) is 6.76. The van der Waals surface area contributed by atoms with Crippen LogP contribution < -0.4 is 9.80 Å². The summed E-state index contributed by atoms with van der Waals surface area (Å²) in [5, 5.41) is 10.2. The molecule has 0 spiro atoms. The SMILES string of the molecule is CCOC(=O)c1cnc(N2CCN(c3nnc(Cc4ccccc4Cl)c4c3CCC4)[C@@H](C)C2)cn1. The molecule has 1 aliphatic carbocycles. The van der Waals surface area contributed by atoms with Crippen LogP contribution in [0, 0.1) is 0 Å². The summed E-state index contributed by atoms with van der Waals surface area (Å²) in [6, 6.07) is 8.17. The number of carbonyl (C=O) groups is 1. The number of aromatic nitrogens is 4. The van der Waals surface area contributed by atoms with Gasteiger partial charge in [0.2, 0.25) is 0 Å². The molecule has 1 aromatic carbocycles. The maximum Gasteiger partial charge on any atom is 0.358 e. The van der Waals surface area contributed by atoms with E-state index in [9.17, 15) is 4.79 Å². The van der Waals surface area contributed by atoms with E-state index < -0.39 is 5.97 Å². The van der Waals surface area contributed by atoms with E-state index in [1.165, 1.54) is 17.3 Å². The van der Waals surface area contributed by atoms with Gasteiger partial charge in [-0.05, 0) is 50.3 Å². The zero-order valence-corrected chi connectivity index (χ0v) is 20.8. The molecule has 3 heterocycles. The normalized spacial score (nSPS) is 17.4. The Kier molecular flexibility index (Phi) is 6.81. The van der Waals surface area contributed by atoms with Crippen molar-refractivity contribution in [2.45, 2.75) is 45.6 Å². The number of benzene rings is 1. The van der Waals surface area contributed by atoms with Crippen molar-refractivity contribution in [2.75, 3.05) is 36.0 Å². The first kappa shape index (κ1) is 23.5. The average molecular weight is 493 g/mol. The summed E-state index contributed by atoms with van der Waals surface area (Å²) in [6.07, 6.45) is 7.04. The van der Waals surface area contributed by atoms with Crippen LogP contribution in [0.5, 0.6) is 0 Å². The highest BCUT2D eigenvalue weighted by atomic mass is 35.5. The molecule has 1 atom stereocenters. The Balaban J connectivity index is 1.32. The minimum atomic E-state index is -0.449. The van der Waals surface area contributed by atoms with Crippen LogP contribution in [-0.2, 0) is 24.0 Å². The summed E-state index contributed by atoms with van der Waals surface area (Å²) in [5.74, 6) is 1.32. The topological polar surface area (TPSA) is 84.3 Å². The summed E-state index contributed by atoms with van der Waals surface area (Å²) >= 11 is 6.41. The number of carbonyl (C=O) groups excluding carboxylic acids is 1. The number of piperazine rings is 1. The highest BCUT2D eigenvalue weighted by Crippen LogP contribution is 2.34. The second kappa shape index (κ2) is 10.2. The van der Waals surface area contributed by atoms with Crippen molar-refractivity contribution in [2.24, 2.45) is 0 Å². The van der Waals surface area contributed by atoms with E-state index in [1.807, 2.05) is 18.2 Å². The van der Waals surface area contributed by atoms with Gasteiger partial charge >= 0.3 is 5.97 Å². The molecule has 35 heavy (non-hydrogen) atoms. The van der Waals surface area contributed by atoms with Gasteiger partial charge in [0.25, 0.3) is 0 Å². The Hall–Kier alpha value is -3.26. The number of rotatable bonds is 6. The first-order valence-corrected chi connectivity index (χ1v) is 12.5. The lowest BCUT2D eigenvalue weighted by atomic mass is 10.0. The van der Waals surface area contributed by atoms with E-state index in [1.54, 1.807) is 13.1 Å². The fourth-order valence-electron chi connectivity index (χ4n) is 5.01. The van der Waals surface area contributed by atoms with Gasteiger partial charge in [-0.25, -0.2) is 14.8 Å². The van der Waals surface area contributed by atoms with Crippen LogP contribution in [-0.4, -0.2) is 58.4 Å². The summed E-state index contributed by atoms with van der Waals surface area (Å²) in [7, 11) is 0. The molecule has 0 saturated carbocycles. The zero-order chi connectivity index (χ0) is 24.4. The third kappa shape index (κ3) is 4.80. The van der Waals surface area contributed by atoms with Crippen LogP contribution in [0.15, 0.2) is 36.7 Å². The van der Waals surface area contributed by atoms with Gasteiger partial charge in [-0.2, -0.15) is 5.10 Å². The van der Waals surface area contributed by atoms with Crippen molar-refractivity contribution in [1.82, 2.24) is 20.2 Å². The van der Waals surface area contributed by atoms with Gasteiger partial charge in [-0.15, -0.1) is 5.10 Å². The summed E-state index contributed by atoms with van der Waals surface area (Å²) < 4.78 is 5.00. The Morgan fingerprint density at radius 1 is 1.11 bits per heavy atom. The Morgan fingerprint density at radius 3 is 2.69 bits per heavy atom. The second-order valence-corrected chi connectivity index (χ2v) is 9.43. The fourth-order valence-corrected chi connectivity index (χ4v) is 5.21. The van der Waals surface area contributed by atoms with E-state index in [2.05, 4.69) is 37.9 Å². The molecule has 8 nitrogen and oxygen atoms in total. The minimum Gasteiger partial charge on any atom is -0.461 e. The number of halogens is 1. The van der Waals surface area contributed by atoms with Gasteiger partial charge in [0.05, 0.1) is 24.7 Å². The van der Waals surface area contributed by atoms with Crippen LogP contribution >= 0.6 is 11.6 Å². The molecule has 1 fully saturated rings. The Labute approximate surface area is 210 Å². The molecule has 2 aliphatic rings. The molecule has 2 aromatic heterocycles. The summed E-state index contributed by atoms with van der Waals surface area (Å²) in [4.78, 5) is 25.1. The molecule has 3 aromatic rings. The van der Waals surface area contributed by atoms with Crippen molar-refractivity contribution in [3.63, 3.8) is 0 Å². The minimum absolute atomic E-state index is 0.226. The first-order chi connectivity index (χ1) is 17.0. The van der Waals surface area contributed by atoms with E-state index >= 15 is 0 Å². The molecule has 0 unspecified atom stereocenters. The molecule has 182 valence electrons. The first-order valence-electron chi connectivity index (χ1n) is 12.2. The third-order valence-corrected chi connectivity index (χ3v) is 7.13. The highest BCUT2D eigenvalue weighted by Gasteiger charge is 2.31. The number of esters is 1. The van der Waals surface area contributed by atoms with Crippen molar-refractivity contribution < 1.29 is 9.53 Å². The lowest BCUT2D eigenvalue weighted by Gasteiger charge is -2.41. The number of hydrogen-bond acceptors (Lipinski definition) is 8. The highest BCUT2D eigenvalue weighted by molar-refractivity contribution is 6.31. The van der Waals surface area contributed by atoms with Gasteiger partial charge in [-0.1, -0.05) is 29.8 Å². The smallest absolute Gasteiger partial charge is 0.358 e. The summed E-state index contributed by atoms with van der Waals surface area (Å²) in [6.45, 7) is 6.67. The number of anilines is 2. The van der Waals surface area contributed by atoms with Crippen LogP contribution in [0.2, 0.25) is 5.02 Å². The van der Waals surface area contributed by atoms with Crippen LogP contribution in [0.1, 0.15) is 53.1 Å². The molecule has 1 aliphatic heterocycles. The molecule has 9 heteroatoms. The van der Waals surface area contributed by atoms with E-state index in [4.69, 9.17) is 21.4 Å². The predicted octanol–water partition coefficient (Wildman–Crippen LogP) is 3.89. The lowest BCUT2D eigenvalue weighted by molar-refractivity contribution is 0.0519. The maximum atomic E-state index is 11.9. The molecule has 0 bridgehead atoms. The van der Waals surface area contributed by atoms with E-state index in [-0.39, 0.29) is 11.7 Å². The van der Waals surface area contributed by atoms with Crippen molar-refractivity contribution in [1.29, 1.82) is 0 Å². The average Bonchev–Trinajstić information content (AvgIpc) is 3.37. The largest absolute Gasteiger partial charge is 0.461 e. The van der Waals surface area contributed by atoms with Gasteiger partial charge in [-0.3, -0.25) is 0 Å². The molecule has 0 amide bonds. The van der Waals surface area contributed by atoms with Crippen molar-refractivity contribution in [3.05, 3.63) is 69.8 Å². The van der Waals surface area contributed by atoms with E-state index in [0.717, 1.165) is 66.8 Å². The molecule has 0 N–H and O–H groups in total. The Bertz CT molecular complexity index is 1220. The van der Waals surface area contributed by atoms with Crippen LogP contribution in [0.25, 0.3) is 0 Å². The second-order valence-electron chi connectivity index (χ2n) is 9.02. The number of fused-ring (bicyclic) bond motifs is 1. The quantitative estimate of drug-likeness (QED) is 0.479. The maximum absolute atomic E-state index is 11.9. The molecule has 1 saturated heterocycles. The molecule has 0 radical (unpaired) electrons. The monoisotopic (exact) mass is 492 g/mol. The zero-order valence-electron chi connectivity index (χ0n) is 20.1. The van der Waals surface area contributed by atoms with Gasteiger partial charge in [0.1, 0.15) is 5.82 Å². The van der Waals surface area contributed by atoms with Crippen molar-refractivity contribution >= 4 is 29.2 Å². The Morgan fingerprint density at radius 2 is 1.94 bits per heavy atom. The van der Waals surface area contributed by atoms with Crippen LogP contribution in [0.3, 0.4) is 0 Å². The summed E-state index contributed by atoms with van der Waals surface area (Å²) in [5.41, 5.74) is 5.02. The number of hydrogen-bond donors (Lipinski definition) is 0. The van der Waals surface area contributed by atoms with Gasteiger partial charge < -0.3 is 14.5 Å². The fraction of sp³-hybridized carbons (Fsp3) is 0.423. The molecular formula is C26H29ClN6O2. The number of ether oxygens (including phenoxy) is 1.